The second-order valence-corrected chi connectivity index (χ2v) is 14.1. The maximum absolute atomic E-state index is 13.7. The quantitative estimate of drug-likeness (QED) is 0.0600. The SMILES string of the molecule is CCCCCCCCCCCCCCCCCCOCCOP(=O)(CO[C@H](C)Cn1cnc2c(N)ncnc21)Oc1ccccc1. The first-order chi connectivity index (χ1) is 22.5. The third-order valence-electron chi connectivity index (χ3n) is 8.05. The van der Waals surface area contributed by atoms with Crippen LogP contribution in [0.15, 0.2) is 43.0 Å². The molecule has 2 N–H and O–H groups in total. The number of unbranched alkanes of at least 4 members (excludes halogenated alkanes) is 15. The molecule has 0 fully saturated rings. The Morgan fingerprint density at radius 1 is 0.783 bits per heavy atom. The molecule has 0 saturated carbocycles. The van der Waals surface area contributed by atoms with Crippen molar-refractivity contribution in [3.8, 4) is 5.75 Å². The summed E-state index contributed by atoms with van der Waals surface area (Å²) in [5, 5.41) is 0. The minimum Gasteiger partial charge on any atom is -0.423 e. The monoisotopic (exact) mass is 659 g/mol. The Bertz CT molecular complexity index is 1240. The zero-order valence-electron chi connectivity index (χ0n) is 28.3. The average molecular weight is 660 g/mol. The summed E-state index contributed by atoms with van der Waals surface area (Å²) >= 11 is 0. The molecule has 3 rings (SSSR count). The normalized spacial score (nSPS) is 13.6. The van der Waals surface area contributed by atoms with Gasteiger partial charge in [0.1, 0.15) is 17.6 Å². The van der Waals surface area contributed by atoms with Crippen molar-refractivity contribution < 1.29 is 23.1 Å². The number of nitrogen functional groups attached to an aromatic ring is 1. The van der Waals surface area contributed by atoms with Crippen molar-refractivity contribution in [1.82, 2.24) is 19.5 Å². The number of imidazole rings is 1. The summed E-state index contributed by atoms with van der Waals surface area (Å²) in [6, 6.07) is 9.00. The molecule has 10 nitrogen and oxygen atoms in total. The van der Waals surface area contributed by atoms with Crippen LogP contribution in [0.5, 0.6) is 5.75 Å². The lowest BCUT2D eigenvalue weighted by Gasteiger charge is -2.22. The number of nitrogens with zero attached hydrogens (tertiary/aromatic N) is 4. The number of anilines is 1. The van der Waals surface area contributed by atoms with Crippen LogP contribution in [0.25, 0.3) is 11.2 Å². The van der Waals surface area contributed by atoms with Crippen LogP contribution >= 0.6 is 7.60 Å². The van der Waals surface area contributed by atoms with E-state index in [9.17, 15) is 4.57 Å². The first-order valence-electron chi connectivity index (χ1n) is 17.6. The number of aromatic nitrogens is 4. The molecule has 11 heteroatoms. The Kier molecular flexibility index (Phi) is 18.9. The van der Waals surface area contributed by atoms with Crippen LogP contribution in [-0.2, 0) is 25.1 Å². The lowest BCUT2D eigenvalue weighted by atomic mass is 10.0. The summed E-state index contributed by atoms with van der Waals surface area (Å²) in [5.74, 6) is 0.785. The number of nitrogens with two attached hydrogens (primary N) is 1. The molecule has 2 atom stereocenters. The van der Waals surface area contributed by atoms with E-state index >= 15 is 0 Å². The van der Waals surface area contributed by atoms with E-state index in [1.54, 1.807) is 18.5 Å². The summed E-state index contributed by atoms with van der Waals surface area (Å²) in [6.45, 7) is 5.76. The van der Waals surface area contributed by atoms with Gasteiger partial charge in [-0.25, -0.2) is 19.5 Å². The molecule has 1 unspecified atom stereocenters. The second kappa shape index (κ2) is 22.9. The van der Waals surface area contributed by atoms with Gasteiger partial charge in [0.25, 0.3) is 0 Å². The standard InChI is InChI=1S/C35H58N5O5P/c1-3-4-5-6-7-8-9-10-11-12-13-14-15-16-17-21-24-42-25-26-44-46(41,45-32-22-19-18-20-23-32)30-43-31(2)27-40-29-39-33-34(36)37-28-38-35(33)40/h18-20,22-23,28-29,31H,3-17,21,24-27,30H2,1-2H3,(H2,36,37,38)/t31-,46?/m1/s1. The maximum Gasteiger partial charge on any atom is 0.404 e. The molecule has 0 amide bonds. The summed E-state index contributed by atoms with van der Waals surface area (Å²) in [6.07, 6.45) is 24.0. The van der Waals surface area contributed by atoms with Gasteiger partial charge in [0.05, 0.1) is 32.2 Å². The van der Waals surface area contributed by atoms with Gasteiger partial charge in [-0.3, -0.25) is 4.52 Å². The van der Waals surface area contributed by atoms with Crippen molar-refractivity contribution in [3.05, 3.63) is 43.0 Å². The predicted molar refractivity (Wildman–Crippen MR) is 186 cm³/mol. The number of ether oxygens (including phenoxy) is 2. The van der Waals surface area contributed by atoms with E-state index in [-0.39, 0.29) is 19.1 Å². The van der Waals surface area contributed by atoms with Crippen LogP contribution in [0.3, 0.4) is 0 Å². The first-order valence-corrected chi connectivity index (χ1v) is 19.3. The highest BCUT2D eigenvalue weighted by Gasteiger charge is 2.28. The minimum absolute atomic E-state index is 0.156. The minimum atomic E-state index is -3.61. The average Bonchev–Trinajstić information content (AvgIpc) is 3.47. The van der Waals surface area contributed by atoms with Gasteiger partial charge < -0.3 is 24.3 Å². The molecular formula is C35H58N5O5P. The van der Waals surface area contributed by atoms with Crippen molar-refractivity contribution in [3.63, 3.8) is 0 Å². The molecule has 2 heterocycles. The van der Waals surface area contributed by atoms with Crippen LogP contribution in [-0.4, -0.2) is 51.8 Å². The zero-order chi connectivity index (χ0) is 32.7. The summed E-state index contributed by atoms with van der Waals surface area (Å²) in [7, 11) is -3.61. The molecule has 0 spiro atoms. The lowest BCUT2D eigenvalue weighted by Crippen LogP contribution is -2.19. The Morgan fingerprint density at radius 2 is 1.39 bits per heavy atom. The molecule has 1 aromatic carbocycles. The van der Waals surface area contributed by atoms with Gasteiger partial charge in [0.2, 0.25) is 0 Å². The highest BCUT2D eigenvalue weighted by molar-refractivity contribution is 7.54. The summed E-state index contributed by atoms with van der Waals surface area (Å²) in [4.78, 5) is 12.5. The number of para-hydroxylation sites is 1. The van der Waals surface area contributed by atoms with Gasteiger partial charge in [0.15, 0.2) is 17.8 Å². The number of benzene rings is 1. The van der Waals surface area contributed by atoms with Crippen molar-refractivity contribution >= 4 is 24.6 Å². The lowest BCUT2D eigenvalue weighted by molar-refractivity contribution is 0.0623. The predicted octanol–water partition coefficient (Wildman–Crippen LogP) is 9.34. The van der Waals surface area contributed by atoms with E-state index < -0.39 is 7.60 Å². The third kappa shape index (κ3) is 15.4. The van der Waals surface area contributed by atoms with Gasteiger partial charge >= 0.3 is 7.60 Å². The fourth-order valence-electron chi connectivity index (χ4n) is 5.40. The van der Waals surface area contributed by atoms with E-state index in [1.807, 2.05) is 29.7 Å². The van der Waals surface area contributed by atoms with Crippen LogP contribution < -0.4 is 10.3 Å². The van der Waals surface area contributed by atoms with Gasteiger partial charge in [-0.2, -0.15) is 0 Å². The fourth-order valence-corrected chi connectivity index (χ4v) is 6.81. The molecule has 0 aliphatic heterocycles. The first kappa shape index (κ1) is 37.9. The van der Waals surface area contributed by atoms with E-state index in [4.69, 9.17) is 24.3 Å². The smallest absolute Gasteiger partial charge is 0.404 e. The molecule has 0 aliphatic carbocycles. The van der Waals surface area contributed by atoms with Gasteiger partial charge in [-0.1, -0.05) is 121 Å². The van der Waals surface area contributed by atoms with Gasteiger partial charge in [-0.15, -0.1) is 0 Å². The molecule has 0 radical (unpaired) electrons. The van der Waals surface area contributed by atoms with E-state index in [0.717, 1.165) is 6.42 Å². The molecule has 0 aliphatic rings. The zero-order valence-corrected chi connectivity index (χ0v) is 29.2. The van der Waals surface area contributed by atoms with Crippen molar-refractivity contribution in [2.24, 2.45) is 0 Å². The van der Waals surface area contributed by atoms with Crippen LogP contribution in [0, 0.1) is 0 Å². The summed E-state index contributed by atoms with van der Waals surface area (Å²) in [5.41, 5.74) is 7.05. The van der Waals surface area contributed by atoms with Crippen molar-refractivity contribution in [1.29, 1.82) is 0 Å². The Balaban J connectivity index is 1.24. The van der Waals surface area contributed by atoms with E-state index in [2.05, 4.69) is 21.9 Å². The topological polar surface area (TPSA) is 124 Å². The third-order valence-corrected chi connectivity index (χ3v) is 9.58. The van der Waals surface area contributed by atoms with Crippen LogP contribution in [0.4, 0.5) is 5.82 Å². The Hall–Kier alpha value is -2.52. The second-order valence-electron chi connectivity index (χ2n) is 12.2. The maximum atomic E-state index is 13.7. The summed E-state index contributed by atoms with van der Waals surface area (Å²) < 4.78 is 38.8. The van der Waals surface area contributed by atoms with Gasteiger partial charge in [-0.05, 0) is 25.5 Å². The fraction of sp³-hybridized carbons (Fsp3) is 0.686. The number of hydrogen-bond acceptors (Lipinski definition) is 9. The molecule has 0 saturated heterocycles. The van der Waals surface area contributed by atoms with E-state index in [0.29, 0.717) is 42.5 Å². The largest absolute Gasteiger partial charge is 0.423 e. The highest BCUT2D eigenvalue weighted by Crippen LogP contribution is 2.48. The van der Waals surface area contributed by atoms with E-state index in [1.165, 1.54) is 103 Å². The van der Waals surface area contributed by atoms with Crippen molar-refractivity contribution in [2.75, 3.05) is 31.9 Å². The highest BCUT2D eigenvalue weighted by atomic mass is 31.2. The Labute approximate surface area is 276 Å². The molecule has 0 bridgehead atoms. The molecule has 46 heavy (non-hydrogen) atoms. The molecular weight excluding hydrogens is 601 g/mol. The van der Waals surface area contributed by atoms with Crippen LogP contribution in [0.2, 0.25) is 0 Å². The number of rotatable bonds is 28. The Morgan fingerprint density at radius 3 is 2.02 bits per heavy atom. The van der Waals surface area contributed by atoms with Gasteiger partial charge in [0, 0.05) is 6.61 Å². The molecule has 258 valence electrons. The number of hydrogen-bond donors (Lipinski definition) is 1. The number of fused-ring (bicyclic) bond motifs is 1. The van der Waals surface area contributed by atoms with Crippen molar-refractivity contribution in [2.45, 2.75) is 129 Å². The molecule has 3 aromatic rings. The molecule has 2 aromatic heterocycles. The van der Waals surface area contributed by atoms with Crippen LogP contribution in [0.1, 0.15) is 117 Å².